The molecule has 0 spiro atoms. The SMILES string of the molecule is Cc1cc(CCCOCc2ccccc2)cc(C)n1. The summed E-state index contributed by atoms with van der Waals surface area (Å²) in [4.78, 5) is 4.39. The van der Waals surface area contributed by atoms with Crippen molar-refractivity contribution >= 4 is 0 Å². The third kappa shape index (κ3) is 4.84. The molecule has 100 valence electrons. The molecule has 1 heterocycles. The third-order valence-electron chi connectivity index (χ3n) is 3.01. The number of nitrogens with zero attached hydrogens (tertiary/aromatic N) is 1. The number of benzene rings is 1. The van der Waals surface area contributed by atoms with E-state index in [9.17, 15) is 0 Å². The first-order chi connectivity index (χ1) is 9.24. The van der Waals surface area contributed by atoms with Crippen LogP contribution in [0, 0.1) is 13.8 Å². The van der Waals surface area contributed by atoms with Crippen LogP contribution in [-0.2, 0) is 17.8 Å². The van der Waals surface area contributed by atoms with Crippen LogP contribution >= 0.6 is 0 Å². The fourth-order valence-electron chi connectivity index (χ4n) is 2.21. The van der Waals surface area contributed by atoms with Gasteiger partial charge in [0.1, 0.15) is 0 Å². The second-order valence-electron chi connectivity index (χ2n) is 4.90. The highest BCUT2D eigenvalue weighted by Gasteiger charge is 1.98. The van der Waals surface area contributed by atoms with Crippen LogP contribution in [0.2, 0.25) is 0 Å². The monoisotopic (exact) mass is 255 g/mol. The molecule has 0 amide bonds. The Bertz CT molecular complexity index is 488. The molecule has 0 aliphatic carbocycles. The van der Waals surface area contributed by atoms with E-state index in [1.54, 1.807) is 0 Å². The quantitative estimate of drug-likeness (QED) is 0.731. The zero-order valence-corrected chi connectivity index (χ0v) is 11.7. The summed E-state index contributed by atoms with van der Waals surface area (Å²) < 4.78 is 5.69. The minimum Gasteiger partial charge on any atom is -0.377 e. The van der Waals surface area contributed by atoms with E-state index in [1.807, 2.05) is 32.0 Å². The number of pyridine rings is 1. The van der Waals surface area contributed by atoms with Crippen LogP contribution < -0.4 is 0 Å². The van der Waals surface area contributed by atoms with Gasteiger partial charge in [-0.2, -0.15) is 0 Å². The molecule has 2 aromatic rings. The fourth-order valence-corrected chi connectivity index (χ4v) is 2.21. The van der Waals surface area contributed by atoms with Gasteiger partial charge in [-0.15, -0.1) is 0 Å². The van der Waals surface area contributed by atoms with Crippen molar-refractivity contribution < 1.29 is 4.74 Å². The van der Waals surface area contributed by atoms with Gasteiger partial charge in [-0.3, -0.25) is 4.98 Å². The highest BCUT2D eigenvalue weighted by molar-refractivity contribution is 5.20. The van der Waals surface area contributed by atoms with Gasteiger partial charge in [-0.25, -0.2) is 0 Å². The lowest BCUT2D eigenvalue weighted by Crippen LogP contribution is -1.98. The number of rotatable bonds is 6. The fraction of sp³-hybridized carbons (Fsp3) is 0.353. The Kier molecular flexibility index (Phi) is 5.10. The summed E-state index contributed by atoms with van der Waals surface area (Å²) in [5, 5.41) is 0. The van der Waals surface area contributed by atoms with Crippen molar-refractivity contribution in [2.75, 3.05) is 6.61 Å². The number of aryl methyl sites for hydroxylation is 3. The van der Waals surface area contributed by atoms with Crippen molar-refractivity contribution in [1.29, 1.82) is 0 Å². The molecule has 2 heteroatoms. The standard InChI is InChI=1S/C17H21NO/c1-14-11-17(12-15(2)18-14)9-6-10-19-13-16-7-4-3-5-8-16/h3-5,7-8,11-12H,6,9-10,13H2,1-2H3. The predicted octanol–water partition coefficient (Wildman–Crippen LogP) is 3.85. The van der Waals surface area contributed by atoms with Crippen molar-refractivity contribution in [3.8, 4) is 0 Å². The van der Waals surface area contributed by atoms with Crippen LogP contribution in [0.1, 0.15) is 28.9 Å². The zero-order valence-electron chi connectivity index (χ0n) is 11.7. The molecule has 0 bridgehead atoms. The van der Waals surface area contributed by atoms with Gasteiger partial charge in [0.25, 0.3) is 0 Å². The maximum Gasteiger partial charge on any atom is 0.0716 e. The first-order valence-electron chi connectivity index (χ1n) is 6.80. The molecule has 0 aliphatic rings. The summed E-state index contributed by atoms with van der Waals surface area (Å²) in [5.74, 6) is 0. The van der Waals surface area contributed by atoms with Crippen LogP contribution in [-0.4, -0.2) is 11.6 Å². The Morgan fingerprint density at radius 1 is 0.947 bits per heavy atom. The van der Waals surface area contributed by atoms with Crippen LogP contribution in [0.4, 0.5) is 0 Å². The van der Waals surface area contributed by atoms with Crippen molar-refractivity contribution in [3.05, 3.63) is 65.0 Å². The smallest absolute Gasteiger partial charge is 0.0716 e. The number of ether oxygens (including phenoxy) is 1. The third-order valence-corrected chi connectivity index (χ3v) is 3.01. The average molecular weight is 255 g/mol. The van der Waals surface area contributed by atoms with Gasteiger partial charge in [0, 0.05) is 18.0 Å². The molecule has 0 aliphatic heterocycles. The normalized spacial score (nSPS) is 10.6. The topological polar surface area (TPSA) is 22.1 Å². The maximum atomic E-state index is 5.69. The van der Waals surface area contributed by atoms with Crippen LogP contribution in [0.25, 0.3) is 0 Å². The van der Waals surface area contributed by atoms with E-state index < -0.39 is 0 Å². The molecule has 0 saturated carbocycles. The lowest BCUT2D eigenvalue weighted by molar-refractivity contribution is 0.118. The first-order valence-corrected chi connectivity index (χ1v) is 6.80. The molecule has 19 heavy (non-hydrogen) atoms. The maximum absolute atomic E-state index is 5.69. The summed E-state index contributed by atoms with van der Waals surface area (Å²) in [7, 11) is 0. The molecule has 1 aromatic heterocycles. The molecule has 0 N–H and O–H groups in total. The summed E-state index contributed by atoms with van der Waals surface area (Å²) in [6.45, 7) is 5.59. The highest BCUT2D eigenvalue weighted by atomic mass is 16.5. The van der Waals surface area contributed by atoms with Crippen LogP contribution in [0.5, 0.6) is 0 Å². The van der Waals surface area contributed by atoms with E-state index in [1.165, 1.54) is 11.1 Å². The molecule has 2 nitrogen and oxygen atoms in total. The molecule has 0 radical (unpaired) electrons. The summed E-state index contributed by atoms with van der Waals surface area (Å²) in [6, 6.07) is 14.6. The lowest BCUT2D eigenvalue weighted by atomic mass is 10.1. The minimum atomic E-state index is 0.704. The average Bonchev–Trinajstić information content (AvgIpc) is 2.38. The van der Waals surface area contributed by atoms with Gasteiger partial charge in [-0.05, 0) is 49.9 Å². The molecule has 0 atom stereocenters. The Hall–Kier alpha value is -1.67. The van der Waals surface area contributed by atoms with Gasteiger partial charge in [0.05, 0.1) is 6.61 Å². The second kappa shape index (κ2) is 7.05. The van der Waals surface area contributed by atoms with Gasteiger partial charge < -0.3 is 4.74 Å². The molecule has 0 fully saturated rings. The van der Waals surface area contributed by atoms with E-state index >= 15 is 0 Å². The molecule has 1 aromatic carbocycles. The van der Waals surface area contributed by atoms with Crippen LogP contribution in [0.15, 0.2) is 42.5 Å². The second-order valence-corrected chi connectivity index (χ2v) is 4.90. The predicted molar refractivity (Wildman–Crippen MR) is 78.1 cm³/mol. The molecule has 0 unspecified atom stereocenters. The van der Waals surface area contributed by atoms with Gasteiger partial charge in [0.2, 0.25) is 0 Å². The lowest BCUT2D eigenvalue weighted by Gasteiger charge is -2.06. The van der Waals surface area contributed by atoms with Crippen molar-refractivity contribution in [1.82, 2.24) is 4.98 Å². The van der Waals surface area contributed by atoms with Crippen molar-refractivity contribution in [2.45, 2.75) is 33.3 Å². The molecule has 2 rings (SSSR count). The molecule has 0 saturated heterocycles. The highest BCUT2D eigenvalue weighted by Crippen LogP contribution is 2.08. The molecular weight excluding hydrogens is 234 g/mol. The van der Waals surface area contributed by atoms with Gasteiger partial charge >= 0.3 is 0 Å². The van der Waals surface area contributed by atoms with E-state index in [-0.39, 0.29) is 0 Å². The van der Waals surface area contributed by atoms with E-state index in [2.05, 4.69) is 29.2 Å². The van der Waals surface area contributed by atoms with Gasteiger partial charge in [-0.1, -0.05) is 30.3 Å². The van der Waals surface area contributed by atoms with E-state index in [0.29, 0.717) is 6.61 Å². The van der Waals surface area contributed by atoms with Crippen molar-refractivity contribution in [2.24, 2.45) is 0 Å². The van der Waals surface area contributed by atoms with Crippen molar-refractivity contribution in [3.63, 3.8) is 0 Å². The largest absolute Gasteiger partial charge is 0.377 e. The van der Waals surface area contributed by atoms with Crippen LogP contribution in [0.3, 0.4) is 0 Å². The summed E-state index contributed by atoms with van der Waals surface area (Å²) >= 11 is 0. The Morgan fingerprint density at radius 2 is 1.63 bits per heavy atom. The number of aromatic nitrogens is 1. The Labute approximate surface area is 115 Å². The van der Waals surface area contributed by atoms with E-state index in [4.69, 9.17) is 4.74 Å². The van der Waals surface area contributed by atoms with E-state index in [0.717, 1.165) is 30.8 Å². The summed E-state index contributed by atoms with van der Waals surface area (Å²) in [5.41, 5.74) is 4.78. The Balaban J connectivity index is 1.69. The number of hydrogen-bond donors (Lipinski definition) is 0. The minimum absolute atomic E-state index is 0.704. The summed E-state index contributed by atoms with van der Waals surface area (Å²) in [6.07, 6.45) is 2.11. The molecular formula is C17H21NO. The number of hydrogen-bond acceptors (Lipinski definition) is 2. The Morgan fingerprint density at radius 3 is 2.32 bits per heavy atom. The first kappa shape index (κ1) is 13.8. The zero-order chi connectivity index (χ0) is 13.5. The van der Waals surface area contributed by atoms with Gasteiger partial charge in [0.15, 0.2) is 0 Å².